The molecule has 1 fully saturated rings. The highest BCUT2D eigenvalue weighted by Gasteiger charge is 2.23. The van der Waals surface area contributed by atoms with E-state index in [9.17, 15) is 0 Å². The zero-order chi connectivity index (χ0) is 12.5. The summed E-state index contributed by atoms with van der Waals surface area (Å²) in [4.78, 5) is 4.50. The number of nitrogens with one attached hydrogen (secondary N) is 1. The van der Waals surface area contributed by atoms with Gasteiger partial charge < -0.3 is 5.32 Å². The van der Waals surface area contributed by atoms with E-state index in [1.807, 2.05) is 29.6 Å². The van der Waals surface area contributed by atoms with E-state index >= 15 is 0 Å². The lowest BCUT2D eigenvalue weighted by Crippen LogP contribution is -2.17. The summed E-state index contributed by atoms with van der Waals surface area (Å²) in [6, 6.07) is 6.05. The lowest BCUT2D eigenvalue weighted by atomic mass is 9.98. The molecule has 0 saturated heterocycles. The molecule has 3 rings (SSSR count). The number of nitrogens with zero attached hydrogens (tertiary/aromatic N) is 3. The van der Waals surface area contributed by atoms with Crippen LogP contribution < -0.4 is 5.32 Å². The number of anilines is 1. The molecule has 2 aromatic heterocycles. The Morgan fingerprint density at radius 2 is 2.28 bits per heavy atom. The van der Waals surface area contributed by atoms with Gasteiger partial charge in [-0.25, -0.2) is 4.52 Å². The van der Waals surface area contributed by atoms with E-state index < -0.39 is 0 Å². The summed E-state index contributed by atoms with van der Waals surface area (Å²) in [5, 5.41) is 7.88. The van der Waals surface area contributed by atoms with Crippen LogP contribution in [0.2, 0.25) is 0 Å². The molecule has 0 aromatic carbocycles. The zero-order valence-corrected chi connectivity index (χ0v) is 11.1. The fourth-order valence-electron chi connectivity index (χ4n) is 2.86. The molecule has 1 aliphatic rings. The first-order valence-corrected chi connectivity index (χ1v) is 6.80. The van der Waals surface area contributed by atoms with Gasteiger partial charge in [0, 0.05) is 12.2 Å². The van der Waals surface area contributed by atoms with Crippen molar-refractivity contribution in [2.75, 3.05) is 11.9 Å². The van der Waals surface area contributed by atoms with Crippen molar-refractivity contribution in [2.45, 2.75) is 33.1 Å². The van der Waals surface area contributed by atoms with Gasteiger partial charge in [-0.1, -0.05) is 25.8 Å². The first-order chi connectivity index (χ1) is 8.74. The highest BCUT2D eigenvalue weighted by Crippen LogP contribution is 2.30. The number of hydrogen-bond donors (Lipinski definition) is 1. The second kappa shape index (κ2) is 4.59. The Morgan fingerprint density at radius 3 is 3.00 bits per heavy atom. The van der Waals surface area contributed by atoms with Crippen LogP contribution in [0.1, 0.15) is 31.9 Å². The largest absolute Gasteiger partial charge is 0.353 e. The van der Waals surface area contributed by atoms with Crippen LogP contribution in [0.15, 0.2) is 18.2 Å². The molecule has 0 radical (unpaired) electrons. The second-order valence-electron chi connectivity index (χ2n) is 5.42. The molecule has 0 amide bonds. The van der Waals surface area contributed by atoms with E-state index in [0.29, 0.717) is 0 Å². The zero-order valence-electron chi connectivity index (χ0n) is 11.1. The molecule has 1 N–H and O–H groups in total. The highest BCUT2D eigenvalue weighted by molar-refractivity contribution is 5.44. The molecule has 96 valence electrons. The smallest absolute Gasteiger partial charge is 0.243 e. The monoisotopic (exact) mass is 244 g/mol. The molecular weight excluding hydrogens is 224 g/mol. The Labute approximate surface area is 107 Å². The molecule has 0 bridgehead atoms. The van der Waals surface area contributed by atoms with Gasteiger partial charge in [-0.05, 0) is 37.3 Å². The maximum atomic E-state index is 4.50. The number of rotatable bonds is 3. The summed E-state index contributed by atoms with van der Waals surface area (Å²) < 4.78 is 1.89. The van der Waals surface area contributed by atoms with Gasteiger partial charge in [-0.3, -0.25) is 0 Å². The molecular formula is C14H20N4. The van der Waals surface area contributed by atoms with Crippen molar-refractivity contribution >= 4 is 11.6 Å². The minimum absolute atomic E-state index is 0.753. The van der Waals surface area contributed by atoms with Crippen LogP contribution in [-0.2, 0) is 0 Å². The molecule has 1 aliphatic carbocycles. The van der Waals surface area contributed by atoms with Gasteiger partial charge in [0.05, 0.1) is 0 Å². The minimum Gasteiger partial charge on any atom is -0.353 e. The summed E-state index contributed by atoms with van der Waals surface area (Å²) in [6.45, 7) is 5.39. The molecule has 0 aliphatic heterocycles. The van der Waals surface area contributed by atoms with E-state index in [4.69, 9.17) is 0 Å². The third-order valence-electron chi connectivity index (χ3n) is 4.11. The predicted molar refractivity (Wildman–Crippen MR) is 72.7 cm³/mol. The predicted octanol–water partition coefficient (Wildman–Crippen LogP) is 2.89. The van der Waals surface area contributed by atoms with Crippen LogP contribution in [0.4, 0.5) is 5.95 Å². The van der Waals surface area contributed by atoms with Crippen molar-refractivity contribution in [1.29, 1.82) is 0 Å². The third-order valence-corrected chi connectivity index (χ3v) is 4.11. The molecule has 2 atom stereocenters. The fourth-order valence-corrected chi connectivity index (χ4v) is 2.86. The number of hydrogen-bond acceptors (Lipinski definition) is 3. The van der Waals surface area contributed by atoms with Crippen molar-refractivity contribution in [3.05, 3.63) is 23.9 Å². The summed E-state index contributed by atoms with van der Waals surface area (Å²) in [7, 11) is 0. The van der Waals surface area contributed by atoms with Gasteiger partial charge in [-0.2, -0.15) is 4.98 Å². The molecule has 2 heterocycles. The van der Waals surface area contributed by atoms with E-state index in [1.165, 1.54) is 19.3 Å². The lowest BCUT2D eigenvalue weighted by Gasteiger charge is -2.14. The molecule has 2 unspecified atom stereocenters. The average Bonchev–Trinajstić information content (AvgIpc) is 2.93. The van der Waals surface area contributed by atoms with Crippen molar-refractivity contribution in [2.24, 2.45) is 11.8 Å². The standard InChI is InChI=1S/C14H20N4/c1-10-5-3-7-12(10)9-15-14-16-13-8-4-6-11(2)18(13)17-14/h4,6,8,10,12H,3,5,7,9H2,1-2H3,(H,15,17). The van der Waals surface area contributed by atoms with Gasteiger partial charge in [0.1, 0.15) is 0 Å². The van der Waals surface area contributed by atoms with Crippen LogP contribution in [0.3, 0.4) is 0 Å². The first-order valence-electron chi connectivity index (χ1n) is 6.80. The molecule has 0 spiro atoms. The summed E-state index contributed by atoms with van der Waals surface area (Å²) in [6.07, 6.45) is 4.07. The Hall–Kier alpha value is -1.58. The van der Waals surface area contributed by atoms with Gasteiger partial charge in [-0.15, -0.1) is 5.10 Å². The maximum Gasteiger partial charge on any atom is 0.243 e. The Morgan fingerprint density at radius 1 is 1.39 bits per heavy atom. The molecule has 1 saturated carbocycles. The Balaban J connectivity index is 1.73. The van der Waals surface area contributed by atoms with Crippen LogP contribution in [0.25, 0.3) is 5.65 Å². The average molecular weight is 244 g/mol. The van der Waals surface area contributed by atoms with Gasteiger partial charge in [0.25, 0.3) is 0 Å². The fraction of sp³-hybridized carbons (Fsp3) is 0.571. The third kappa shape index (κ3) is 2.07. The van der Waals surface area contributed by atoms with Crippen LogP contribution in [0.5, 0.6) is 0 Å². The molecule has 4 heteroatoms. The van der Waals surface area contributed by atoms with Crippen molar-refractivity contribution in [3.8, 4) is 0 Å². The number of aryl methyl sites for hydroxylation is 1. The SMILES string of the molecule is Cc1cccc2nc(NCC3CCCC3C)nn12. The minimum atomic E-state index is 0.753. The molecule has 18 heavy (non-hydrogen) atoms. The van der Waals surface area contributed by atoms with Gasteiger partial charge in [0.15, 0.2) is 5.65 Å². The van der Waals surface area contributed by atoms with Gasteiger partial charge in [0.2, 0.25) is 5.95 Å². The quantitative estimate of drug-likeness (QED) is 0.902. The molecule has 4 nitrogen and oxygen atoms in total. The van der Waals surface area contributed by atoms with Crippen molar-refractivity contribution in [1.82, 2.24) is 14.6 Å². The number of fused-ring (bicyclic) bond motifs is 1. The summed E-state index contributed by atoms with van der Waals surface area (Å²) in [5.41, 5.74) is 2.03. The van der Waals surface area contributed by atoms with Gasteiger partial charge >= 0.3 is 0 Å². The lowest BCUT2D eigenvalue weighted by molar-refractivity contribution is 0.439. The Kier molecular flexibility index (Phi) is 2.94. The van der Waals surface area contributed by atoms with Crippen LogP contribution in [-0.4, -0.2) is 21.1 Å². The Bertz CT molecular complexity index is 546. The summed E-state index contributed by atoms with van der Waals surface area (Å²) >= 11 is 0. The van der Waals surface area contributed by atoms with E-state index in [2.05, 4.69) is 22.3 Å². The first kappa shape index (κ1) is 11.5. The molecule has 2 aromatic rings. The second-order valence-corrected chi connectivity index (χ2v) is 5.42. The van der Waals surface area contributed by atoms with Crippen molar-refractivity contribution < 1.29 is 0 Å². The summed E-state index contributed by atoms with van der Waals surface area (Å²) in [5.74, 6) is 2.36. The topological polar surface area (TPSA) is 42.2 Å². The van der Waals surface area contributed by atoms with Crippen LogP contribution in [0, 0.1) is 18.8 Å². The van der Waals surface area contributed by atoms with Crippen molar-refractivity contribution in [3.63, 3.8) is 0 Å². The maximum absolute atomic E-state index is 4.50. The van der Waals surface area contributed by atoms with E-state index in [0.717, 1.165) is 35.7 Å². The van der Waals surface area contributed by atoms with E-state index in [1.54, 1.807) is 0 Å². The highest BCUT2D eigenvalue weighted by atomic mass is 15.3. The van der Waals surface area contributed by atoms with Crippen LogP contribution >= 0.6 is 0 Å². The normalized spacial score (nSPS) is 23.7. The number of pyridine rings is 1. The number of aromatic nitrogens is 3. The van der Waals surface area contributed by atoms with E-state index in [-0.39, 0.29) is 0 Å².